The highest BCUT2D eigenvalue weighted by Gasteiger charge is 2.04. The Morgan fingerprint density at radius 1 is 1.42 bits per heavy atom. The van der Waals surface area contributed by atoms with E-state index in [0.717, 1.165) is 12.8 Å². The molecule has 3 nitrogen and oxygen atoms in total. The van der Waals surface area contributed by atoms with Crippen molar-refractivity contribution in [3.63, 3.8) is 0 Å². The predicted octanol–water partition coefficient (Wildman–Crippen LogP) is 1.68. The first-order chi connectivity index (χ1) is 5.70. The number of hydrogen-bond acceptors (Lipinski definition) is 2. The van der Waals surface area contributed by atoms with Crippen LogP contribution in [0, 0.1) is 0 Å². The van der Waals surface area contributed by atoms with Crippen LogP contribution in [0.1, 0.15) is 40.0 Å². The molecule has 0 bridgehead atoms. The monoisotopic (exact) mass is 173 g/mol. The molecule has 72 valence electrons. The van der Waals surface area contributed by atoms with Gasteiger partial charge in [-0.2, -0.15) is 0 Å². The van der Waals surface area contributed by atoms with E-state index in [2.05, 4.69) is 5.32 Å². The summed E-state index contributed by atoms with van der Waals surface area (Å²) in [5.41, 5.74) is 0. The maximum absolute atomic E-state index is 11.0. The van der Waals surface area contributed by atoms with Crippen molar-refractivity contribution in [3.8, 4) is 0 Å². The minimum Gasteiger partial charge on any atom is -0.359 e. The molecule has 1 amide bonds. The summed E-state index contributed by atoms with van der Waals surface area (Å²) in [4.78, 5) is 11.0. The molecular formula is C9H19NO2. The van der Waals surface area contributed by atoms with Gasteiger partial charge in [0.1, 0.15) is 6.23 Å². The minimum absolute atomic E-state index is 0.0705. The predicted molar refractivity (Wildman–Crippen MR) is 48.8 cm³/mol. The first-order valence-corrected chi connectivity index (χ1v) is 4.61. The zero-order chi connectivity index (χ0) is 9.40. The third kappa shape index (κ3) is 6.16. The molecule has 0 saturated carbocycles. The van der Waals surface area contributed by atoms with E-state index >= 15 is 0 Å². The highest BCUT2D eigenvalue weighted by Crippen LogP contribution is 1.91. The summed E-state index contributed by atoms with van der Waals surface area (Å²) in [6.07, 6.45) is 2.30. The van der Waals surface area contributed by atoms with Crippen molar-refractivity contribution in [3.05, 3.63) is 0 Å². The van der Waals surface area contributed by atoms with E-state index in [-0.39, 0.29) is 12.1 Å². The van der Waals surface area contributed by atoms with Gasteiger partial charge in [-0.05, 0) is 19.8 Å². The second kappa shape index (κ2) is 7.10. The van der Waals surface area contributed by atoms with Gasteiger partial charge in [0.05, 0.1) is 0 Å². The van der Waals surface area contributed by atoms with Gasteiger partial charge in [-0.15, -0.1) is 0 Å². The fraction of sp³-hybridized carbons (Fsp3) is 0.889. The number of carbonyl (C=O) groups is 1. The lowest BCUT2D eigenvalue weighted by Gasteiger charge is -2.13. The molecule has 0 aliphatic carbocycles. The standard InChI is InChI=1S/C9H19NO2/c1-4-6-9(11)10-8(3)12-7-5-2/h8H,4-7H2,1-3H3,(H,10,11). The van der Waals surface area contributed by atoms with Crippen LogP contribution in [0.15, 0.2) is 0 Å². The second-order valence-electron chi connectivity index (χ2n) is 2.83. The fourth-order valence-corrected chi connectivity index (χ4v) is 0.862. The van der Waals surface area contributed by atoms with E-state index in [1.165, 1.54) is 0 Å². The summed E-state index contributed by atoms with van der Waals surface area (Å²) in [6.45, 7) is 6.58. The van der Waals surface area contributed by atoms with E-state index in [4.69, 9.17) is 4.74 Å². The first kappa shape index (κ1) is 11.4. The molecule has 1 unspecified atom stereocenters. The van der Waals surface area contributed by atoms with Gasteiger partial charge in [0.15, 0.2) is 0 Å². The SMILES string of the molecule is CCCOC(C)NC(=O)CCC. The second-order valence-corrected chi connectivity index (χ2v) is 2.83. The van der Waals surface area contributed by atoms with Crippen molar-refractivity contribution >= 4 is 5.91 Å². The number of carbonyl (C=O) groups excluding carboxylic acids is 1. The highest BCUT2D eigenvalue weighted by atomic mass is 16.5. The van der Waals surface area contributed by atoms with Crippen LogP contribution in [0.25, 0.3) is 0 Å². The number of hydrogen-bond donors (Lipinski definition) is 1. The van der Waals surface area contributed by atoms with Crippen molar-refractivity contribution in [1.29, 1.82) is 0 Å². The molecule has 0 radical (unpaired) electrons. The molecule has 0 aliphatic heterocycles. The van der Waals surface area contributed by atoms with Gasteiger partial charge in [0.2, 0.25) is 5.91 Å². The van der Waals surface area contributed by atoms with Gasteiger partial charge in [-0.25, -0.2) is 0 Å². The molecule has 1 N–H and O–H groups in total. The normalized spacial score (nSPS) is 12.6. The molecule has 0 saturated heterocycles. The Bertz CT molecular complexity index is 126. The van der Waals surface area contributed by atoms with Crippen LogP contribution in [-0.2, 0) is 9.53 Å². The van der Waals surface area contributed by atoms with Gasteiger partial charge in [0, 0.05) is 13.0 Å². The third-order valence-corrected chi connectivity index (χ3v) is 1.41. The third-order valence-electron chi connectivity index (χ3n) is 1.41. The van der Waals surface area contributed by atoms with Crippen molar-refractivity contribution in [1.82, 2.24) is 5.32 Å². The first-order valence-electron chi connectivity index (χ1n) is 4.61. The molecule has 0 aromatic carbocycles. The molecular weight excluding hydrogens is 154 g/mol. The van der Waals surface area contributed by atoms with Gasteiger partial charge < -0.3 is 10.1 Å². The molecule has 0 rings (SSSR count). The van der Waals surface area contributed by atoms with Crippen LogP contribution in [0.5, 0.6) is 0 Å². The number of rotatable bonds is 6. The van der Waals surface area contributed by atoms with Crippen molar-refractivity contribution in [2.45, 2.75) is 46.3 Å². The lowest BCUT2D eigenvalue weighted by molar-refractivity contribution is -0.125. The molecule has 0 fully saturated rings. The highest BCUT2D eigenvalue weighted by molar-refractivity contribution is 5.75. The largest absolute Gasteiger partial charge is 0.359 e. The lowest BCUT2D eigenvalue weighted by Crippen LogP contribution is -2.34. The smallest absolute Gasteiger partial charge is 0.221 e. The van der Waals surface area contributed by atoms with Crippen molar-refractivity contribution in [2.24, 2.45) is 0 Å². The van der Waals surface area contributed by atoms with Crippen LogP contribution in [0.4, 0.5) is 0 Å². The summed E-state index contributed by atoms with van der Waals surface area (Å²) in [5.74, 6) is 0.0705. The van der Waals surface area contributed by atoms with Crippen molar-refractivity contribution < 1.29 is 9.53 Å². The van der Waals surface area contributed by atoms with E-state index in [0.29, 0.717) is 13.0 Å². The number of ether oxygens (including phenoxy) is 1. The Hall–Kier alpha value is -0.570. The maximum atomic E-state index is 11.0. The zero-order valence-corrected chi connectivity index (χ0v) is 8.22. The lowest BCUT2D eigenvalue weighted by atomic mass is 10.3. The average molecular weight is 173 g/mol. The Morgan fingerprint density at radius 2 is 2.08 bits per heavy atom. The van der Waals surface area contributed by atoms with Gasteiger partial charge in [0.25, 0.3) is 0 Å². The van der Waals surface area contributed by atoms with Gasteiger partial charge in [-0.1, -0.05) is 13.8 Å². The van der Waals surface area contributed by atoms with E-state index in [9.17, 15) is 4.79 Å². The molecule has 0 heterocycles. The quantitative estimate of drug-likeness (QED) is 0.620. The van der Waals surface area contributed by atoms with Gasteiger partial charge >= 0.3 is 0 Å². The summed E-state index contributed by atoms with van der Waals surface area (Å²) in [5, 5.41) is 2.75. The van der Waals surface area contributed by atoms with Gasteiger partial charge in [-0.3, -0.25) is 4.79 Å². The van der Waals surface area contributed by atoms with Crippen molar-refractivity contribution in [2.75, 3.05) is 6.61 Å². The van der Waals surface area contributed by atoms with Crippen LogP contribution in [-0.4, -0.2) is 18.7 Å². The molecule has 3 heteroatoms. The van der Waals surface area contributed by atoms with Crippen LogP contribution < -0.4 is 5.32 Å². The number of amides is 1. The Balaban J connectivity index is 3.40. The fourth-order valence-electron chi connectivity index (χ4n) is 0.862. The summed E-state index contributed by atoms with van der Waals surface area (Å²) in [7, 11) is 0. The Morgan fingerprint density at radius 3 is 2.58 bits per heavy atom. The molecule has 0 aromatic rings. The molecule has 0 spiro atoms. The minimum atomic E-state index is -0.149. The zero-order valence-electron chi connectivity index (χ0n) is 8.22. The Labute approximate surface area is 74.5 Å². The Kier molecular flexibility index (Phi) is 6.76. The maximum Gasteiger partial charge on any atom is 0.221 e. The van der Waals surface area contributed by atoms with E-state index in [1.807, 2.05) is 20.8 Å². The van der Waals surface area contributed by atoms with Crippen LogP contribution in [0.3, 0.4) is 0 Å². The topological polar surface area (TPSA) is 38.3 Å². The summed E-state index contributed by atoms with van der Waals surface area (Å²) in [6, 6.07) is 0. The number of nitrogens with one attached hydrogen (secondary N) is 1. The molecule has 0 aromatic heterocycles. The summed E-state index contributed by atoms with van der Waals surface area (Å²) >= 11 is 0. The average Bonchev–Trinajstić information content (AvgIpc) is 2.01. The molecule has 1 atom stereocenters. The summed E-state index contributed by atoms with van der Waals surface area (Å²) < 4.78 is 5.28. The van der Waals surface area contributed by atoms with E-state index < -0.39 is 0 Å². The van der Waals surface area contributed by atoms with E-state index in [1.54, 1.807) is 0 Å². The molecule has 0 aliphatic rings. The molecule has 12 heavy (non-hydrogen) atoms. The van der Waals surface area contributed by atoms with Crippen LogP contribution in [0.2, 0.25) is 0 Å². The van der Waals surface area contributed by atoms with Crippen LogP contribution >= 0.6 is 0 Å².